The molecule has 5 nitrogen and oxygen atoms in total. The average molecular weight is 270 g/mol. The number of nitrogen functional groups attached to an aromatic ring is 1. The lowest BCUT2D eigenvalue weighted by Gasteiger charge is -2.19. The fourth-order valence-electron chi connectivity index (χ4n) is 1.49. The molecule has 1 amide bonds. The lowest BCUT2D eigenvalue weighted by molar-refractivity contribution is 0.0933. The fourth-order valence-corrected chi connectivity index (χ4v) is 2.35. The maximum absolute atomic E-state index is 12.1. The summed E-state index contributed by atoms with van der Waals surface area (Å²) in [5, 5.41) is 6.72. The maximum Gasteiger partial charge on any atom is 0.265 e. The molecule has 1 aromatic rings. The summed E-state index contributed by atoms with van der Waals surface area (Å²) in [6.07, 6.45) is 1.03. The van der Waals surface area contributed by atoms with Crippen LogP contribution in [-0.2, 0) is 0 Å². The number of carbonyl (C=O) groups excluding carboxylic acids is 1. The summed E-state index contributed by atoms with van der Waals surface area (Å²) in [6.45, 7) is 8.97. The van der Waals surface area contributed by atoms with Crippen molar-refractivity contribution in [3.05, 3.63) is 4.88 Å². The zero-order valence-corrected chi connectivity index (χ0v) is 12.2. The van der Waals surface area contributed by atoms with Gasteiger partial charge in [-0.2, -0.15) is 0 Å². The zero-order valence-electron chi connectivity index (χ0n) is 11.4. The Balaban J connectivity index is 2.72. The van der Waals surface area contributed by atoms with Gasteiger partial charge in [-0.3, -0.25) is 4.79 Å². The monoisotopic (exact) mass is 270 g/mol. The Bertz CT molecular complexity index is 405. The molecule has 1 rings (SSSR count). The topological polar surface area (TPSA) is 80.0 Å². The SMILES string of the molecule is CCNc1nc(N)c(C(=O)NC(C)C(C)CC)s1. The lowest BCUT2D eigenvalue weighted by Crippen LogP contribution is -2.36. The van der Waals surface area contributed by atoms with Crippen molar-refractivity contribution in [3.63, 3.8) is 0 Å². The van der Waals surface area contributed by atoms with Gasteiger partial charge >= 0.3 is 0 Å². The Labute approximate surface area is 112 Å². The molecule has 0 aliphatic heterocycles. The van der Waals surface area contributed by atoms with E-state index in [1.807, 2.05) is 13.8 Å². The Morgan fingerprint density at radius 3 is 2.67 bits per heavy atom. The van der Waals surface area contributed by atoms with E-state index in [0.717, 1.165) is 13.0 Å². The smallest absolute Gasteiger partial charge is 0.265 e. The third-order valence-corrected chi connectivity index (χ3v) is 4.07. The van der Waals surface area contributed by atoms with E-state index in [9.17, 15) is 4.79 Å². The number of aromatic nitrogens is 1. The molecule has 4 N–H and O–H groups in total. The highest BCUT2D eigenvalue weighted by atomic mass is 32.1. The fraction of sp³-hybridized carbons (Fsp3) is 0.667. The zero-order chi connectivity index (χ0) is 13.7. The number of hydrogen-bond acceptors (Lipinski definition) is 5. The molecule has 0 bridgehead atoms. The molecular formula is C12H22N4OS. The Morgan fingerprint density at radius 1 is 1.44 bits per heavy atom. The van der Waals surface area contributed by atoms with Gasteiger partial charge in [0.1, 0.15) is 10.7 Å². The van der Waals surface area contributed by atoms with E-state index in [4.69, 9.17) is 5.73 Å². The first kappa shape index (κ1) is 14.8. The minimum atomic E-state index is -0.137. The van der Waals surface area contributed by atoms with Gasteiger partial charge in [-0.05, 0) is 19.8 Å². The Kier molecular flexibility index (Phi) is 5.40. The normalized spacial score (nSPS) is 14.0. The van der Waals surface area contributed by atoms with Crippen molar-refractivity contribution in [1.82, 2.24) is 10.3 Å². The van der Waals surface area contributed by atoms with Crippen molar-refractivity contribution in [2.75, 3.05) is 17.6 Å². The third-order valence-electron chi connectivity index (χ3n) is 3.04. The number of anilines is 2. The molecule has 1 heterocycles. The molecule has 18 heavy (non-hydrogen) atoms. The molecule has 0 saturated heterocycles. The van der Waals surface area contributed by atoms with Crippen LogP contribution in [0, 0.1) is 5.92 Å². The quantitative estimate of drug-likeness (QED) is 0.741. The average Bonchev–Trinajstić information content (AvgIpc) is 2.69. The predicted molar refractivity (Wildman–Crippen MR) is 77.1 cm³/mol. The van der Waals surface area contributed by atoms with Gasteiger partial charge in [0.25, 0.3) is 5.91 Å². The highest BCUT2D eigenvalue weighted by molar-refractivity contribution is 7.18. The van der Waals surface area contributed by atoms with Gasteiger partial charge in [0, 0.05) is 12.6 Å². The highest BCUT2D eigenvalue weighted by Crippen LogP contribution is 2.25. The summed E-state index contributed by atoms with van der Waals surface area (Å²) >= 11 is 1.29. The van der Waals surface area contributed by atoms with Gasteiger partial charge in [-0.25, -0.2) is 4.98 Å². The summed E-state index contributed by atoms with van der Waals surface area (Å²) in [5.74, 6) is 0.600. The molecule has 0 fully saturated rings. The summed E-state index contributed by atoms with van der Waals surface area (Å²) in [7, 11) is 0. The minimum Gasteiger partial charge on any atom is -0.382 e. The second-order valence-corrected chi connectivity index (χ2v) is 5.41. The predicted octanol–water partition coefficient (Wildman–Crippen LogP) is 2.32. The molecule has 0 saturated carbocycles. The van der Waals surface area contributed by atoms with Gasteiger partial charge in [-0.1, -0.05) is 31.6 Å². The van der Waals surface area contributed by atoms with Crippen molar-refractivity contribution in [1.29, 1.82) is 0 Å². The van der Waals surface area contributed by atoms with Crippen LogP contribution in [0.15, 0.2) is 0 Å². The number of hydrogen-bond donors (Lipinski definition) is 3. The Hall–Kier alpha value is -1.30. The van der Waals surface area contributed by atoms with E-state index >= 15 is 0 Å². The summed E-state index contributed by atoms with van der Waals surface area (Å²) in [6, 6.07) is 0.131. The standard InChI is InChI=1S/C12H22N4OS/c1-5-7(3)8(4)15-11(17)9-10(13)16-12(18-9)14-6-2/h7-8H,5-6,13H2,1-4H3,(H,14,16)(H,15,17). The number of nitrogens with zero attached hydrogens (tertiary/aromatic N) is 1. The van der Waals surface area contributed by atoms with Crippen LogP contribution in [0.2, 0.25) is 0 Å². The van der Waals surface area contributed by atoms with Crippen LogP contribution < -0.4 is 16.4 Å². The van der Waals surface area contributed by atoms with Crippen LogP contribution in [-0.4, -0.2) is 23.5 Å². The van der Waals surface area contributed by atoms with Crippen LogP contribution in [0.5, 0.6) is 0 Å². The van der Waals surface area contributed by atoms with E-state index in [0.29, 0.717) is 21.7 Å². The molecule has 0 aliphatic carbocycles. The molecular weight excluding hydrogens is 248 g/mol. The first-order chi connectivity index (χ1) is 8.49. The number of nitrogens with two attached hydrogens (primary N) is 1. The molecule has 6 heteroatoms. The van der Waals surface area contributed by atoms with Crippen molar-refractivity contribution in [2.45, 2.75) is 40.2 Å². The van der Waals surface area contributed by atoms with Crippen molar-refractivity contribution >= 4 is 28.2 Å². The van der Waals surface area contributed by atoms with Crippen LogP contribution in [0.4, 0.5) is 10.9 Å². The second kappa shape index (κ2) is 6.58. The largest absolute Gasteiger partial charge is 0.382 e. The van der Waals surface area contributed by atoms with Crippen LogP contribution >= 0.6 is 11.3 Å². The first-order valence-corrected chi connectivity index (χ1v) is 7.12. The van der Waals surface area contributed by atoms with Crippen LogP contribution in [0.1, 0.15) is 43.8 Å². The van der Waals surface area contributed by atoms with E-state index in [-0.39, 0.29) is 11.9 Å². The molecule has 0 aromatic carbocycles. The van der Waals surface area contributed by atoms with Gasteiger partial charge in [0.15, 0.2) is 5.13 Å². The number of rotatable bonds is 6. The van der Waals surface area contributed by atoms with Crippen LogP contribution in [0.25, 0.3) is 0 Å². The van der Waals surface area contributed by atoms with Crippen molar-refractivity contribution in [3.8, 4) is 0 Å². The minimum absolute atomic E-state index is 0.131. The van der Waals surface area contributed by atoms with Gasteiger partial charge in [0.05, 0.1) is 0 Å². The highest BCUT2D eigenvalue weighted by Gasteiger charge is 2.19. The molecule has 1 aromatic heterocycles. The van der Waals surface area contributed by atoms with E-state index in [1.165, 1.54) is 11.3 Å². The second-order valence-electron chi connectivity index (χ2n) is 4.41. The molecule has 102 valence electrons. The number of nitrogens with one attached hydrogen (secondary N) is 2. The number of amides is 1. The van der Waals surface area contributed by atoms with E-state index < -0.39 is 0 Å². The summed E-state index contributed by atoms with van der Waals surface area (Å²) in [5.41, 5.74) is 5.76. The lowest BCUT2D eigenvalue weighted by atomic mass is 10.0. The number of thiazole rings is 1. The van der Waals surface area contributed by atoms with Gasteiger partial charge in [-0.15, -0.1) is 0 Å². The maximum atomic E-state index is 12.1. The summed E-state index contributed by atoms with van der Waals surface area (Å²) < 4.78 is 0. The first-order valence-electron chi connectivity index (χ1n) is 6.30. The molecule has 0 radical (unpaired) electrons. The van der Waals surface area contributed by atoms with Gasteiger partial charge in [0.2, 0.25) is 0 Å². The van der Waals surface area contributed by atoms with Gasteiger partial charge < -0.3 is 16.4 Å². The van der Waals surface area contributed by atoms with Crippen molar-refractivity contribution in [2.24, 2.45) is 5.92 Å². The van der Waals surface area contributed by atoms with E-state index in [2.05, 4.69) is 29.5 Å². The molecule has 0 spiro atoms. The van der Waals surface area contributed by atoms with E-state index in [1.54, 1.807) is 0 Å². The number of carbonyl (C=O) groups is 1. The summed E-state index contributed by atoms with van der Waals surface area (Å²) in [4.78, 5) is 16.7. The molecule has 2 atom stereocenters. The Morgan fingerprint density at radius 2 is 2.11 bits per heavy atom. The third kappa shape index (κ3) is 3.60. The molecule has 2 unspecified atom stereocenters. The van der Waals surface area contributed by atoms with Crippen LogP contribution in [0.3, 0.4) is 0 Å². The molecule has 0 aliphatic rings. The van der Waals surface area contributed by atoms with Crippen molar-refractivity contribution < 1.29 is 4.79 Å².